The summed E-state index contributed by atoms with van der Waals surface area (Å²) >= 11 is 12.1. The maximum Gasteiger partial charge on any atom is 0.319 e. The topological polar surface area (TPSA) is 46.6 Å². The van der Waals surface area contributed by atoms with E-state index in [1.54, 1.807) is 18.2 Å². The number of carbonyl (C=O) groups excluding carboxylic acids is 2. The molecule has 1 saturated heterocycles. The molecule has 0 spiro atoms. The van der Waals surface area contributed by atoms with E-state index < -0.39 is 11.9 Å². The molecule has 26 heavy (non-hydrogen) atoms. The van der Waals surface area contributed by atoms with Crippen molar-refractivity contribution >= 4 is 40.8 Å². The quantitative estimate of drug-likeness (QED) is 0.455. The van der Waals surface area contributed by atoms with Gasteiger partial charge >= 0.3 is 5.97 Å². The Balaban J connectivity index is 1.60. The van der Waals surface area contributed by atoms with Crippen LogP contribution in [0, 0.1) is 17.8 Å². The summed E-state index contributed by atoms with van der Waals surface area (Å²) in [4.78, 5) is 26.2. The number of anilines is 1. The van der Waals surface area contributed by atoms with E-state index in [1.165, 1.54) is 4.90 Å². The van der Waals surface area contributed by atoms with Crippen LogP contribution in [0.4, 0.5) is 5.69 Å². The Bertz CT molecular complexity index is 887. The summed E-state index contributed by atoms with van der Waals surface area (Å²) in [6.07, 6.45) is 0.368. The molecule has 0 radical (unpaired) electrons. The normalized spacial score (nSPS) is 16.2. The molecule has 1 unspecified atom stereocenters. The second-order valence-electron chi connectivity index (χ2n) is 5.70. The van der Waals surface area contributed by atoms with E-state index in [2.05, 4.69) is 11.8 Å². The summed E-state index contributed by atoms with van der Waals surface area (Å²) in [5, 5.41) is 0.880. The van der Waals surface area contributed by atoms with Crippen LogP contribution in [0.1, 0.15) is 12.0 Å². The van der Waals surface area contributed by atoms with Crippen LogP contribution in [0.15, 0.2) is 48.5 Å². The largest absolute Gasteiger partial charge is 0.452 e. The number of nitrogens with zero attached hydrogens (tertiary/aromatic N) is 1. The Labute approximate surface area is 161 Å². The van der Waals surface area contributed by atoms with Gasteiger partial charge in [-0.25, -0.2) is 0 Å². The average Bonchev–Trinajstić information content (AvgIpc) is 3.03. The van der Waals surface area contributed by atoms with Crippen molar-refractivity contribution in [1.29, 1.82) is 0 Å². The summed E-state index contributed by atoms with van der Waals surface area (Å²) in [6, 6.07) is 14.3. The van der Waals surface area contributed by atoms with Gasteiger partial charge in [0.25, 0.3) is 0 Å². The van der Waals surface area contributed by atoms with Gasteiger partial charge in [-0.2, -0.15) is 0 Å². The first-order valence-corrected chi connectivity index (χ1v) is 8.79. The van der Waals surface area contributed by atoms with Gasteiger partial charge in [0, 0.05) is 17.1 Å². The maximum atomic E-state index is 12.6. The molecule has 3 rings (SSSR count). The minimum Gasteiger partial charge on any atom is -0.452 e. The molecular formula is C20H15Cl2NO3. The van der Waals surface area contributed by atoms with Crippen LogP contribution in [0.2, 0.25) is 10.0 Å². The van der Waals surface area contributed by atoms with Crippen LogP contribution in [-0.4, -0.2) is 25.0 Å². The molecular weight excluding hydrogens is 373 g/mol. The number of benzene rings is 2. The van der Waals surface area contributed by atoms with Crippen LogP contribution in [0.3, 0.4) is 0 Å². The molecule has 1 fully saturated rings. The second-order valence-corrected chi connectivity index (χ2v) is 6.55. The first-order valence-electron chi connectivity index (χ1n) is 8.03. The van der Waals surface area contributed by atoms with Crippen molar-refractivity contribution in [1.82, 2.24) is 0 Å². The molecule has 1 heterocycles. The monoisotopic (exact) mass is 387 g/mol. The van der Waals surface area contributed by atoms with Gasteiger partial charge in [-0.15, -0.1) is 0 Å². The van der Waals surface area contributed by atoms with E-state index in [4.69, 9.17) is 27.9 Å². The smallest absolute Gasteiger partial charge is 0.319 e. The minimum atomic E-state index is -0.844. The highest BCUT2D eigenvalue weighted by Crippen LogP contribution is 2.33. The highest BCUT2D eigenvalue weighted by molar-refractivity contribution is 6.36. The highest BCUT2D eigenvalue weighted by atomic mass is 35.5. The van der Waals surface area contributed by atoms with Gasteiger partial charge in [-0.1, -0.05) is 53.2 Å². The van der Waals surface area contributed by atoms with E-state index in [0.29, 0.717) is 28.7 Å². The number of hydrogen-bond acceptors (Lipinski definition) is 3. The SMILES string of the molecule is O=C(OCC#Cc1ccccc1)C1CCN(c2cc(Cl)ccc2Cl)C1=O. The van der Waals surface area contributed by atoms with Crippen LogP contribution in [-0.2, 0) is 14.3 Å². The number of rotatable bonds is 3. The molecule has 0 bridgehead atoms. The fourth-order valence-electron chi connectivity index (χ4n) is 2.70. The second kappa shape index (κ2) is 8.27. The van der Waals surface area contributed by atoms with E-state index in [-0.39, 0.29) is 12.5 Å². The third kappa shape index (κ3) is 4.19. The van der Waals surface area contributed by atoms with E-state index in [1.807, 2.05) is 30.3 Å². The summed E-state index contributed by atoms with van der Waals surface area (Å²) in [5.74, 6) is 3.92. The summed E-state index contributed by atoms with van der Waals surface area (Å²) < 4.78 is 5.14. The van der Waals surface area contributed by atoms with Gasteiger partial charge < -0.3 is 9.64 Å². The molecule has 4 nitrogen and oxygen atoms in total. The lowest BCUT2D eigenvalue weighted by molar-refractivity contribution is -0.149. The van der Waals surface area contributed by atoms with Crippen molar-refractivity contribution in [3.63, 3.8) is 0 Å². The van der Waals surface area contributed by atoms with Crippen molar-refractivity contribution in [2.24, 2.45) is 5.92 Å². The van der Waals surface area contributed by atoms with Gasteiger partial charge in [0.2, 0.25) is 5.91 Å². The van der Waals surface area contributed by atoms with Gasteiger partial charge in [0.05, 0.1) is 10.7 Å². The summed E-state index contributed by atoms with van der Waals surface area (Å²) in [5.41, 5.74) is 1.34. The molecule has 0 N–H and O–H groups in total. The van der Waals surface area contributed by atoms with Crippen molar-refractivity contribution < 1.29 is 14.3 Å². The predicted molar refractivity (Wildman–Crippen MR) is 101 cm³/mol. The molecule has 6 heteroatoms. The van der Waals surface area contributed by atoms with E-state index in [9.17, 15) is 9.59 Å². The molecule has 2 aromatic rings. The zero-order valence-corrected chi connectivity index (χ0v) is 15.3. The predicted octanol–water partition coefficient (Wildman–Crippen LogP) is 3.94. The van der Waals surface area contributed by atoms with Gasteiger partial charge in [-0.3, -0.25) is 9.59 Å². The first kappa shape index (κ1) is 18.3. The molecule has 1 amide bonds. The number of ether oxygens (including phenoxy) is 1. The molecule has 1 aliphatic heterocycles. The number of carbonyl (C=O) groups is 2. The van der Waals surface area contributed by atoms with Gasteiger partial charge in [-0.05, 0) is 36.8 Å². The molecule has 2 aromatic carbocycles. The number of hydrogen-bond donors (Lipinski definition) is 0. The average molecular weight is 388 g/mol. The lowest BCUT2D eigenvalue weighted by Crippen LogP contribution is -2.31. The van der Waals surface area contributed by atoms with Crippen LogP contribution in [0.25, 0.3) is 0 Å². The summed E-state index contributed by atoms with van der Waals surface area (Å²) in [7, 11) is 0. The number of amides is 1. The zero-order valence-electron chi connectivity index (χ0n) is 13.7. The Morgan fingerprint density at radius 3 is 2.73 bits per heavy atom. The van der Waals surface area contributed by atoms with Crippen LogP contribution in [0.5, 0.6) is 0 Å². The standard InChI is InChI=1S/C20H15Cl2NO3/c21-15-8-9-17(22)18(13-15)23-11-10-16(19(23)24)20(25)26-12-4-7-14-5-2-1-3-6-14/h1-3,5-6,8-9,13,16H,10-12H2. The highest BCUT2D eigenvalue weighted by Gasteiger charge is 2.39. The van der Waals surface area contributed by atoms with Crippen LogP contribution < -0.4 is 4.90 Å². The third-order valence-electron chi connectivity index (χ3n) is 3.98. The molecule has 1 atom stereocenters. The number of halogens is 2. The fraction of sp³-hybridized carbons (Fsp3) is 0.200. The lowest BCUT2D eigenvalue weighted by atomic mass is 10.1. The Hall–Kier alpha value is -2.48. The summed E-state index contributed by atoms with van der Waals surface area (Å²) in [6.45, 7) is 0.323. The third-order valence-corrected chi connectivity index (χ3v) is 4.54. The van der Waals surface area contributed by atoms with Crippen molar-refractivity contribution in [2.75, 3.05) is 18.1 Å². The van der Waals surface area contributed by atoms with Crippen LogP contribution >= 0.6 is 23.2 Å². The molecule has 1 aliphatic rings. The van der Waals surface area contributed by atoms with E-state index >= 15 is 0 Å². The molecule has 0 aliphatic carbocycles. The van der Waals surface area contributed by atoms with Gasteiger partial charge in [0.1, 0.15) is 5.92 Å². The fourth-order valence-corrected chi connectivity index (χ4v) is 3.08. The van der Waals surface area contributed by atoms with Crippen molar-refractivity contribution in [3.8, 4) is 11.8 Å². The van der Waals surface area contributed by atoms with Gasteiger partial charge in [0.15, 0.2) is 6.61 Å². The number of esters is 1. The Kier molecular flexibility index (Phi) is 5.82. The van der Waals surface area contributed by atoms with Crippen molar-refractivity contribution in [3.05, 3.63) is 64.1 Å². The minimum absolute atomic E-state index is 0.0601. The lowest BCUT2D eigenvalue weighted by Gasteiger charge is -2.18. The Morgan fingerprint density at radius 1 is 1.19 bits per heavy atom. The zero-order chi connectivity index (χ0) is 18.5. The van der Waals surface area contributed by atoms with Crippen molar-refractivity contribution in [2.45, 2.75) is 6.42 Å². The first-order chi connectivity index (χ1) is 12.6. The molecule has 0 aromatic heterocycles. The molecule has 132 valence electrons. The maximum absolute atomic E-state index is 12.6. The Morgan fingerprint density at radius 2 is 1.96 bits per heavy atom. The van der Waals surface area contributed by atoms with E-state index in [0.717, 1.165) is 5.56 Å². The molecule has 0 saturated carbocycles.